The van der Waals surface area contributed by atoms with Crippen LogP contribution in [0.2, 0.25) is 0 Å². The van der Waals surface area contributed by atoms with Crippen LogP contribution in [0.4, 0.5) is 5.69 Å². The maximum Gasteiger partial charge on any atom is 0.336 e. The summed E-state index contributed by atoms with van der Waals surface area (Å²) in [5.74, 6) is 0.196. The molecule has 1 unspecified atom stereocenters. The summed E-state index contributed by atoms with van der Waals surface area (Å²) in [6.45, 7) is 4.37. The number of fused-ring (bicyclic) bond motifs is 1. The first kappa shape index (κ1) is 19.1. The van der Waals surface area contributed by atoms with Crippen molar-refractivity contribution in [2.24, 2.45) is 0 Å². The summed E-state index contributed by atoms with van der Waals surface area (Å²) in [5.41, 5.74) is 1.81. The second kappa shape index (κ2) is 8.35. The predicted octanol–water partition coefficient (Wildman–Crippen LogP) is 3.84. The van der Waals surface area contributed by atoms with Crippen LogP contribution in [-0.2, 0) is 11.2 Å². The van der Waals surface area contributed by atoms with Crippen molar-refractivity contribution in [3.63, 3.8) is 0 Å². The molecule has 1 atom stereocenters. The second-order valence-corrected chi connectivity index (χ2v) is 7.18. The summed E-state index contributed by atoms with van der Waals surface area (Å²) < 4.78 is 11.4. The van der Waals surface area contributed by atoms with Crippen molar-refractivity contribution < 1.29 is 24.2 Å². The van der Waals surface area contributed by atoms with Crippen molar-refractivity contribution in [3.05, 3.63) is 47.5 Å². The number of carboxylic acids is 1. The number of aromatic carboxylic acids is 1. The third-order valence-corrected chi connectivity index (χ3v) is 5.12. The summed E-state index contributed by atoms with van der Waals surface area (Å²) in [5, 5.41) is 12.1. The van der Waals surface area contributed by atoms with Gasteiger partial charge in [0.1, 0.15) is 17.6 Å². The molecule has 2 N–H and O–H groups in total. The Bertz CT molecular complexity index is 867. The number of rotatable bonds is 7. The van der Waals surface area contributed by atoms with Gasteiger partial charge in [0, 0.05) is 22.9 Å². The molecule has 0 spiro atoms. The van der Waals surface area contributed by atoms with Gasteiger partial charge in [-0.05, 0) is 32.0 Å². The number of carbonyl (C=O) groups excluding carboxylic acids is 1. The van der Waals surface area contributed by atoms with Crippen molar-refractivity contribution in [1.82, 2.24) is 0 Å². The molecule has 2 aromatic rings. The molecule has 2 aromatic carbocycles. The molecule has 1 amide bonds. The minimum Gasteiger partial charge on any atom is -0.492 e. The van der Waals surface area contributed by atoms with Crippen molar-refractivity contribution in [3.8, 4) is 11.5 Å². The number of carboxylic acid groups (broad SMARTS) is 1. The van der Waals surface area contributed by atoms with E-state index >= 15 is 0 Å². The van der Waals surface area contributed by atoms with Gasteiger partial charge in [0.15, 0.2) is 0 Å². The van der Waals surface area contributed by atoms with Gasteiger partial charge in [0.2, 0.25) is 5.91 Å². The maximum atomic E-state index is 12.4. The molecule has 27 heavy (non-hydrogen) atoms. The monoisotopic (exact) mass is 387 g/mol. The highest BCUT2D eigenvalue weighted by Crippen LogP contribution is 2.38. The fourth-order valence-electron chi connectivity index (χ4n) is 2.91. The normalized spacial score (nSPS) is 15.0. The van der Waals surface area contributed by atoms with E-state index in [2.05, 4.69) is 5.32 Å². The average molecular weight is 387 g/mol. The molecule has 1 aliphatic rings. The van der Waals surface area contributed by atoms with Crippen molar-refractivity contribution >= 4 is 29.3 Å². The van der Waals surface area contributed by atoms with Gasteiger partial charge in [-0.3, -0.25) is 4.79 Å². The molecule has 1 aliphatic heterocycles. The quantitative estimate of drug-likeness (QED) is 0.702. The third-order valence-electron chi connectivity index (χ3n) is 4.05. The van der Waals surface area contributed by atoms with E-state index in [4.69, 9.17) is 9.47 Å². The Morgan fingerprint density at radius 3 is 2.85 bits per heavy atom. The average Bonchev–Trinajstić information content (AvgIpc) is 2.99. The Balaban J connectivity index is 1.71. The van der Waals surface area contributed by atoms with E-state index in [1.165, 1.54) is 17.8 Å². The Morgan fingerprint density at radius 2 is 2.11 bits per heavy atom. The molecule has 0 aromatic heterocycles. The Hall–Kier alpha value is -2.67. The molecule has 0 bridgehead atoms. The van der Waals surface area contributed by atoms with Gasteiger partial charge in [0.05, 0.1) is 23.6 Å². The standard InChI is InChI=1S/C20H21NO5S/c1-3-25-17-9-13-8-12(2)26-16(13)10-15(17)21-19(22)11-27-18-7-5-4-6-14(18)20(23)24/h4-7,9-10,12H,3,8,11H2,1-2H3,(H,21,22)(H,23,24). The predicted molar refractivity (Wildman–Crippen MR) is 104 cm³/mol. The lowest BCUT2D eigenvalue weighted by Crippen LogP contribution is -2.15. The lowest BCUT2D eigenvalue weighted by atomic mass is 10.1. The molecule has 142 valence electrons. The molecule has 3 rings (SSSR count). The number of nitrogens with one attached hydrogen (secondary N) is 1. The van der Waals surface area contributed by atoms with Gasteiger partial charge < -0.3 is 19.9 Å². The SMILES string of the molecule is CCOc1cc2c(cc1NC(=O)CSc1ccccc1C(=O)O)OC(C)C2. The number of hydrogen-bond acceptors (Lipinski definition) is 5. The van der Waals surface area contributed by atoms with Crippen molar-refractivity contribution in [2.45, 2.75) is 31.3 Å². The van der Waals surface area contributed by atoms with Gasteiger partial charge in [-0.15, -0.1) is 11.8 Å². The summed E-state index contributed by atoms with van der Waals surface area (Å²) in [6, 6.07) is 10.3. The van der Waals surface area contributed by atoms with E-state index in [0.717, 1.165) is 17.7 Å². The van der Waals surface area contributed by atoms with Crippen LogP contribution in [-0.4, -0.2) is 35.4 Å². The highest BCUT2D eigenvalue weighted by molar-refractivity contribution is 8.00. The fourth-order valence-corrected chi connectivity index (χ4v) is 3.76. The lowest BCUT2D eigenvalue weighted by molar-refractivity contribution is -0.113. The van der Waals surface area contributed by atoms with E-state index in [0.29, 0.717) is 22.9 Å². The van der Waals surface area contributed by atoms with Gasteiger partial charge in [-0.25, -0.2) is 4.79 Å². The summed E-state index contributed by atoms with van der Waals surface area (Å²) >= 11 is 1.18. The van der Waals surface area contributed by atoms with Crippen LogP contribution in [0.15, 0.2) is 41.3 Å². The summed E-state index contributed by atoms with van der Waals surface area (Å²) in [7, 11) is 0. The van der Waals surface area contributed by atoms with E-state index in [1.54, 1.807) is 24.3 Å². The van der Waals surface area contributed by atoms with Gasteiger partial charge in [0.25, 0.3) is 0 Å². The van der Waals surface area contributed by atoms with Crippen LogP contribution in [0.5, 0.6) is 11.5 Å². The molecule has 6 nitrogen and oxygen atoms in total. The largest absolute Gasteiger partial charge is 0.492 e. The molecule has 0 fully saturated rings. The first-order valence-electron chi connectivity index (χ1n) is 8.69. The summed E-state index contributed by atoms with van der Waals surface area (Å²) in [6.07, 6.45) is 0.911. The number of carbonyl (C=O) groups is 2. The maximum absolute atomic E-state index is 12.4. The van der Waals surface area contributed by atoms with Gasteiger partial charge in [-0.2, -0.15) is 0 Å². The number of ether oxygens (including phenoxy) is 2. The zero-order valence-electron chi connectivity index (χ0n) is 15.2. The zero-order chi connectivity index (χ0) is 19.4. The van der Waals surface area contributed by atoms with Crippen LogP contribution < -0.4 is 14.8 Å². The molecule has 0 radical (unpaired) electrons. The van der Waals surface area contributed by atoms with Crippen LogP contribution in [0.1, 0.15) is 29.8 Å². The van der Waals surface area contributed by atoms with Crippen LogP contribution >= 0.6 is 11.8 Å². The molecule has 0 aliphatic carbocycles. The summed E-state index contributed by atoms with van der Waals surface area (Å²) in [4.78, 5) is 24.2. The Morgan fingerprint density at radius 1 is 1.33 bits per heavy atom. The van der Waals surface area contributed by atoms with Crippen LogP contribution in [0.3, 0.4) is 0 Å². The second-order valence-electron chi connectivity index (χ2n) is 6.16. The molecule has 0 saturated carbocycles. The number of amides is 1. The first-order chi connectivity index (χ1) is 13.0. The molecule has 0 saturated heterocycles. The molecule has 7 heteroatoms. The van der Waals surface area contributed by atoms with E-state index in [-0.39, 0.29) is 23.3 Å². The van der Waals surface area contributed by atoms with E-state index < -0.39 is 5.97 Å². The number of anilines is 1. The minimum atomic E-state index is -1.01. The van der Waals surface area contributed by atoms with Crippen LogP contribution in [0, 0.1) is 0 Å². The Labute approximate surface area is 161 Å². The highest BCUT2D eigenvalue weighted by Gasteiger charge is 2.22. The van der Waals surface area contributed by atoms with Gasteiger partial charge in [-0.1, -0.05) is 12.1 Å². The molecule has 1 heterocycles. The van der Waals surface area contributed by atoms with E-state index in [1.807, 2.05) is 19.9 Å². The van der Waals surface area contributed by atoms with Gasteiger partial charge >= 0.3 is 5.97 Å². The number of benzene rings is 2. The number of hydrogen-bond donors (Lipinski definition) is 2. The fraction of sp³-hybridized carbons (Fsp3) is 0.300. The van der Waals surface area contributed by atoms with Crippen LogP contribution in [0.25, 0.3) is 0 Å². The first-order valence-corrected chi connectivity index (χ1v) is 9.67. The topological polar surface area (TPSA) is 84.9 Å². The van der Waals surface area contributed by atoms with Crippen molar-refractivity contribution in [1.29, 1.82) is 0 Å². The number of thioether (sulfide) groups is 1. The minimum absolute atomic E-state index is 0.0875. The third kappa shape index (κ3) is 4.54. The lowest BCUT2D eigenvalue weighted by Gasteiger charge is -2.13. The highest BCUT2D eigenvalue weighted by atomic mass is 32.2. The van der Waals surface area contributed by atoms with Crippen molar-refractivity contribution in [2.75, 3.05) is 17.7 Å². The molecular formula is C20H21NO5S. The zero-order valence-corrected chi connectivity index (χ0v) is 16.0. The van der Waals surface area contributed by atoms with E-state index in [9.17, 15) is 14.7 Å². The Kier molecular flexibility index (Phi) is 5.91. The smallest absolute Gasteiger partial charge is 0.336 e. The molecular weight excluding hydrogens is 366 g/mol.